The first-order valence-corrected chi connectivity index (χ1v) is 7.04. The third-order valence-corrected chi connectivity index (χ3v) is 3.40. The fourth-order valence-electron chi connectivity index (χ4n) is 2.44. The molecule has 1 aromatic carbocycles. The average Bonchev–Trinajstić information content (AvgIpc) is 2.39. The molecule has 1 aliphatic heterocycles. The van der Waals surface area contributed by atoms with Gasteiger partial charge in [-0.25, -0.2) is 0 Å². The van der Waals surface area contributed by atoms with Crippen molar-refractivity contribution in [2.75, 3.05) is 0 Å². The van der Waals surface area contributed by atoms with Crippen LogP contribution in [0, 0.1) is 5.92 Å². The van der Waals surface area contributed by atoms with Gasteiger partial charge in [0.25, 0.3) is 0 Å². The highest BCUT2D eigenvalue weighted by molar-refractivity contribution is 5.88. The Hall–Kier alpha value is -2.17. The van der Waals surface area contributed by atoms with Gasteiger partial charge in [0.05, 0.1) is 0 Å². The number of aryl methyl sites for hydroxylation is 1. The third-order valence-electron chi connectivity index (χ3n) is 3.40. The average molecular weight is 290 g/mol. The minimum Gasteiger partial charge on any atom is -0.427 e. The maximum absolute atomic E-state index is 11.2. The summed E-state index contributed by atoms with van der Waals surface area (Å²) in [6.07, 6.45) is 3.25. The molecule has 0 unspecified atom stereocenters. The van der Waals surface area contributed by atoms with Gasteiger partial charge in [0, 0.05) is 19.8 Å². The molecule has 5 nitrogen and oxygen atoms in total. The van der Waals surface area contributed by atoms with Gasteiger partial charge < -0.3 is 9.47 Å². The number of hydrogen-bond acceptors (Lipinski definition) is 5. The predicted octanol–water partition coefficient (Wildman–Crippen LogP) is 2.41. The molecule has 112 valence electrons. The van der Waals surface area contributed by atoms with Crippen molar-refractivity contribution in [3.05, 3.63) is 29.8 Å². The largest absolute Gasteiger partial charge is 0.427 e. The summed E-state index contributed by atoms with van der Waals surface area (Å²) in [6.45, 7) is 1.37. The molecule has 5 heteroatoms. The van der Waals surface area contributed by atoms with Crippen LogP contribution in [0.15, 0.2) is 24.3 Å². The zero-order valence-electron chi connectivity index (χ0n) is 12.0. The Bertz CT molecular complexity index is 516. The number of ether oxygens (including phenoxy) is 2. The number of benzene rings is 1. The van der Waals surface area contributed by atoms with Crippen LogP contribution in [0.2, 0.25) is 0 Å². The Kier molecular flexibility index (Phi) is 5.09. The highest BCUT2D eigenvalue weighted by atomic mass is 16.6. The van der Waals surface area contributed by atoms with E-state index in [4.69, 9.17) is 4.74 Å². The Labute approximate surface area is 123 Å². The summed E-state index contributed by atoms with van der Waals surface area (Å²) < 4.78 is 9.47. The maximum atomic E-state index is 11.2. The van der Waals surface area contributed by atoms with E-state index < -0.39 is 11.9 Å². The van der Waals surface area contributed by atoms with E-state index in [0.29, 0.717) is 18.6 Å². The van der Waals surface area contributed by atoms with Crippen molar-refractivity contribution in [2.45, 2.75) is 39.0 Å². The van der Waals surface area contributed by atoms with Crippen molar-refractivity contribution < 1.29 is 23.9 Å². The van der Waals surface area contributed by atoms with E-state index in [1.165, 1.54) is 6.92 Å². The van der Waals surface area contributed by atoms with Gasteiger partial charge in [0.1, 0.15) is 5.75 Å². The van der Waals surface area contributed by atoms with Gasteiger partial charge in [-0.15, -0.1) is 0 Å². The summed E-state index contributed by atoms with van der Waals surface area (Å²) in [4.78, 5) is 33.1. The van der Waals surface area contributed by atoms with Gasteiger partial charge in [-0.2, -0.15) is 0 Å². The number of esters is 3. The second-order valence-corrected chi connectivity index (χ2v) is 5.25. The molecule has 0 bridgehead atoms. The van der Waals surface area contributed by atoms with E-state index in [1.807, 2.05) is 12.1 Å². The first-order valence-electron chi connectivity index (χ1n) is 7.04. The molecule has 1 aromatic rings. The molecule has 0 N–H and O–H groups in total. The molecule has 1 fully saturated rings. The van der Waals surface area contributed by atoms with Gasteiger partial charge in [0.15, 0.2) is 0 Å². The van der Waals surface area contributed by atoms with E-state index in [2.05, 4.69) is 4.74 Å². The second kappa shape index (κ2) is 7.02. The summed E-state index contributed by atoms with van der Waals surface area (Å²) in [6, 6.07) is 7.35. The molecule has 21 heavy (non-hydrogen) atoms. The minimum absolute atomic E-state index is 0.0964. The van der Waals surface area contributed by atoms with Crippen molar-refractivity contribution in [1.29, 1.82) is 0 Å². The van der Waals surface area contributed by atoms with E-state index in [0.717, 1.165) is 24.8 Å². The number of cyclic esters (lactones) is 2. The van der Waals surface area contributed by atoms with Gasteiger partial charge in [0.2, 0.25) is 0 Å². The first-order chi connectivity index (χ1) is 10.0. The van der Waals surface area contributed by atoms with Crippen LogP contribution < -0.4 is 4.74 Å². The lowest BCUT2D eigenvalue weighted by Crippen LogP contribution is -2.25. The van der Waals surface area contributed by atoms with Crippen LogP contribution in [-0.2, 0) is 25.5 Å². The molecule has 1 saturated heterocycles. The Morgan fingerprint density at radius 1 is 1.19 bits per heavy atom. The lowest BCUT2D eigenvalue weighted by Gasteiger charge is -2.19. The molecule has 1 aliphatic rings. The zero-order valence-corrected chi connectivity index (χ0v) is 12.0. The monoisotopic (exact) mass is 290 g/mol. The van der Waals surface area contributed by atoms with Gasteiger partial charge in [-0.3, -0.25) is 14.4 Å². The van der Waals surface area contributed by atoms with Crippen molar-refractivity contribution >= 4 is 17.9 Å². The number of carbonyl (C=O) groups excluding carboxylic acids is 3. The molecule has 0 saturated carbocycles. The Morgan fingerprint density at radius 2 is 1.81 bits per heavy atom. The molecular weight excluding hydrogens is 272 g/mol. The predicted molar refractivity (Wildman–Crippen MR) is 74.5 cm³/mol. The van der Waals surface area contributed by atoms with Crippen LogP contribution in [0.25, 0.3) is 0 Å². The summed E-state index contributed by atoms with van der Waals surface area (Å²) in [5.41, 5.74) is 1.13. The molecule has 2 rings (SSSR count). The van der Waals surface area contributed by atoms with Crippen LogP contribution in [-0.4, -0.2) is 17.9 Å². The minimum atomic E-state index is -0.415. The highest BCUT2D eigenvalue weighted by Gasteiger charge is 2.26. The van der Waals surface area contributed by atoms with Crippen LogP contribution in [0.1, 0.15) is 38.2 Å². The molecule has 1 heterocycles. The standard InChI is InChI=1S/C16H18O5/c1-11(17)20-14-7-5-12(6-8-14)3-2-4-13-9-15(18)21-16(19)10-13/h5-8,13H,2-4,9-10H2,1H3. The van der Waals surface area contributed by atoms with E-state index >= 15 is 0 Å². The molecule has 0 atom stereocenters. The zero-order chi connectivity index (χ0) is 15.2. The van der Waals surface area contributed by atoms with E-state index in [1.54, 1.807) is 12.1 Å². The summed E-state index contributed by atoms with van der Waals surface area (Å²) >= 11 is 0. The van der Waals surface area contributed by atoms with E-state index in [-0.39, 0.29) is 11.9 Å². The van der Waals surface area contributed by atoms with Crippen molar-refractivity contribution in [3.8, 4) is 5.75 Å². The van der Waals surface area contributed by atoms with Crippen LogP contribution >= 0.6 is 0 Å². The summed E-state index contributed by atoms with van der Waals surface area (Å²) in [7, 11) is 0. The molecule has 0 aromatic heterocycles. The smallest absolute Gasteiger partial charge is 0.313 e. The van der Waals surface area contributed by atoms with Crippen LogP contribution in [0.5, 0.6) is 5.75 Å². The summed E-state index contributed by atoms with van der Waals surface area (Å²) in [5.74, 6) is -0.536. The first kappa shape index (κ1) is 15.2. The van der Waals surface area contributed by atoms with Crippen molar-refractivity contribution in [3.63, 3.8) is 0 Å². The fraction of sp³-hybridized carbons (Fsp3) is 0.438. The number of rotatable bonds is 5. The maximum Gasteiger partial charge on any atom is 0.313 e. The fourth-order valence-corrected chi connectivity index (χ4v) is 2.44. The molecule has 0 radical (unpaired) electrons. The SMILES string of the molecule is CC(=O)Oc1ccc(CCCC2CC(=O)OC(=O)C2)cc1. The molecular formula is C16H18O5. The lowest BCUT2D eigenvalue weighted by atomic mass is 9.92. The van der Waals surface area contributed by atoms with E-state index in [9.17, 15) is 14.4 Å². The molecule has 0 aliphatic carbocycles. The topological polar surface area (TPSA) is 69.7 Å². The van der Waals surface area contributed by atoms with Crippen molar-refractivity contribution in [1.82, 2.24) is 0 Å². The molecule has 0 amide bonds. The highest BCUT2D eigenvalue weighted by Crippen LogP contribution is 2.23. The van der Waals surface area contributed by atoms with Crippen LogP contribution in [0.4, 0.5) is 0 Å². The van der Waals surface area contributed by atoms with Gasteiger partial charge in [-0.1, -0.05) is 12.1 Å². The quantitative estimate of drug-likeness (QED) is 0.473. The van der Waals surface area contributed by atoms with Gasteiger partial charge in [-0.05, 0) is 42.9 Å². The Morgan fingerprint density at radius 3 is 2.38 bits per heavy atom. The van der Waals surface area contributed by atoms with Crippen molar-refractivity contribution in [2.24, 2.45) is 5.92 Å². The normalized spacial score (nSPS) is 15.7. The number of carbonyl (C=O) groups is 3. The number of hydrogen-bond donors (Lipinski definition) is 0. The Balaban J connectivity index is 1.76. The van der Waals surface area contributed by atoms with Crippen LogP contribution in [0.3, 0.4) is 0 Å². The van der Waals surface area contributed by atoms with Gasteiger partial charge >= 0.3 is 17.9 Å². The second-order valence-electron chi connectivity index (χ2n) is 5.25. The molecule has 0 spiro atoms. The lowest BCUT2D eigenvalue weighted by molar-refractivity contribution is -0.165. The third kappa shape index (κ3) is 5.02. The summed E-state index contributed by atoms with van der Waals surface area (Å²) in [5, 5.41) is 0.